The van der Waals surface area contributed by atoms with Crippen LogP contribution in [0.2, 0.25) is 0 Å². The van der Waals surface area contributed by atoms with E-state index in [1.807, 2.05) is 35.2 Å². The predicted molar refractivity (Wildman–Crippen MR) is 93.7 cm³/mol. The fourth-order valence-electron chi connectivity index (χ4n) is 3.36. The van der Waals surface area contributed by atoms with E-state index >= 15 is 0 Å². The predicted octanol–water partition coefficient (Wildman–Crippen LogP) is 2.82. The standard InChI is InChI=1S/C19H25N3O3/c1-14(23)16-10-5-6-13-22(16)18(24)12-7-11-17-20-21-19(25-17)15-8-3-2-4-9-15/h2-4,8-9,14,16,23H,5-7,10-13H2,1H3. The monoisotopic (exact) mass is 343 g/mol. The molecule has 6 heteroatoms. The summed E-state index contributed by atoms with van der Waals surface area (Å²) in [6.45, 7) is 2.51. The molecule has 2 atom stereocenters. The van der Waals surface area contributed by atoms with Gasteiger partial charge in [-0.15, -0.1) is 10.2 Å². The van der Waals surface area contributed by atoms with Gasteiger partial charge in [0.05, 0.1) is 12.1 Å². The number of rotatable bonds is 6. The molecule has 0 spiro atoms. The number of aryl methyl sites for hydroxylation is 1. The molecule has 2 heterocycles. The van der Waals surface area contributed by atoms with Gasteiger partial charge in [-0.25, -0.2) is 0 Å². The molecular formula is C19H25N3O3. The van der Waals surface area contributed by atoms with Crippen molar-refractivity contribution >= 4 is 5.91 Å². The lowest BCUT2D eigenvalue weighted by molar-refractivity contribution is -0.137. The van der Waals surface area contributed by atoms with Crippen LogP contribution >= 0.6 is 0 Å². The second-order valence-electron chi connectivity index (χ2n) is 6.61. The molecule has 1 saturated heterocycles. The Bertz CT molecular complexity index is 684. The summed E-state index contributed by atoms with van der Waals surface area (Å²) >= 11 is 0. The molecule has 2 unspecified atom stereocenters. The van der Waals surface area contributed by atoms with Gasteiger partial charge in [-0.3, -0.25) is 4.79 Å². The summed E-state index contributed by atoms with van der Waals surface area (Å²) in [5, 5.41) is 18.0. The van der Waals surface area contributed by atoms with E-state index in [0.29, 0.717) is 31.0 Å². The lowest BCUT2D eigenvalue weighted by Gasteiger charge is -2.37. The fourth-order valence-corrected chi connectivity index (χ4v) is 3.36. The molecule has 2 aromatic rings. The van der Waals surface area contributed by atoms with Crippen molar-refractivity contribution in [3.05, 3.63) is 36.2 Å². The van der Waals surface area contributed by atoms with E-state index in [9.17, 15) is 9.90 Å². The molecule has 1 aliphatic heterocycles. The molecule has 1 N–H and O–H groups in total. The molecule has 6 nitrogen and oxygen atoms in total. The van der Waals surface area contributed by atoms with Gasteiger partial charge in [0.1, 0.15) is 0 Å². The minimum Gasteiger partial charge on any atom is -0.421 e. The van der Waals surface area contributed by atoms with Crippen molar-refractivity contribution < 1.29 is 14.3 Å². The number of nitrogens with zero attached hydrogens (tertiary/aromatic N) is 3. The highest BCUT2D eigenvalue weighted by molar-refractivity contribution is 5.76. The average Bonchev–Trinajstić information content (AvgIpc) is 3.11. The van der Waals surface area contributed by atoms with Crippen molar-refractivity contribution in [3.63, 3.8) is 0 Å². The van der Waals surface area contributed by atoms with E-state index in [1.54, 1.807) is 6.92 Å². The van der Waals surface area contributed by atoms with E-state index in [-0.39, 0.29) is 11.9 Å². The summed E-state index contributed by atoms with van der Waals surface area (Å²) < 4.78 is 5.67. The van der Waals surface area contributed by atoms with E-state index < -0.39 is 6.10 Å². The van der Waals surface area contributed by atoms with E-state index in [0.717, 1.165) is 31.4 Å². The summed E-state index contributed by atoms with van der Waals surface area (Å²) in [6, 6.07) is 9.59. The summed E-state index contributed by atoms with van der Waals surface area (Å²) in [4.78, 5) is 14.3. The van der Waals surface area contributed by atoms with Crippen molar-refractivity contribution in [1.82, 2.24) is 15.1 Å². The first-order valence-corrected chi connectivity index (χ1v) is 9.00. The second kappa shape index (κ2) is 8.25. The number of hydrogen-bond donors (Lipinski definition) is 1. The Morgan fingerprint density at radius 2 is 2.12 bits per heavy atom. The molecular weight excluding hydrogens is 318 g/mol. The summed E-state index contributed by atoms with van der Waals surface area (Å²) in [7, 11) is 0. The number of amides is 1. The molecule has 134 valence electrons. The molecule has 0 radical (unpaired) electrons. The number of carbonyl (C=O) groups excluding carboxylic acids is 1. The lowest BCUT2D eigenvalue weighted by atomic mass is 9.97. The maximum atomic E-state index is 12.5. The zero-order valence-corrected chi connectivity index (χ0v) is 14.6. The third-order valence-electron chi connectivity index (χ3n) is 4.70. The lowest BCUT2D eigenvalue weighted by Crippen LogP contribution is -2.48. The van der Waals surface area contributed by atoms with Crippen molar-refractivity contribution in [2.75, 3.05) is 6.54 Å². The first-order chi connectivity index (χ1) is 12.1. The highest BCUT2D eigenvalue weighted by Gasteiger charge is 2.29. The van der Waals surface area contributed by atoms with Crippen LogP contribution in [0.3, 0.4) is 0 Å². The second-order valence-corrected chi connectivity index (χ2v) is 6.61. The Labute approximate surface area is 147 Å². The molecule has 1 amide bonds. The van der Waals surface area contributed by atoms with Crippen molar-refractivity contribution in [1.29, 1.82) is 0 Å². The molecule has 1 aromatic heterocycles. The minimum atomic E-state index is -0.478. The summed E-state index contributed by atoms with van der Waals surface area (Å²) in [5.41, 5.74) is 0.894. The number of aliphatic hydroxyl groups excluding tert-OH is 1. The third kappa shape index (κ3) is 4.45. The molecule has 1 aliphatic rings. The Morgan fingerprint density at radius 1 is 1.32 bits per heavy atom. The van der Waals surface area contributed by atoms with Crippen LogP contribution in [-0.4, -0.2) is 44.8 Å². The molecule has 0 bridgehead atoms. The third-order valence-corrected chi connectivity index (χ3v) is 4.70. The van der Waals surface area contributed by atoms with Crippen LogP contribution in [0.4, 0.5) is 0 Å². The van der Waals surface area contributed by atoms with Gasteiger partial charge in [0.2, 0.25) is 17.7 Å². The molecule has 1 fully saturated rings. The van der Waals surface area contributed by atoms with Crippen LogP contribution in [0.25, 0.3) is 11.5 Å². The first-order valence-electron chi connectivity index (χ1n) is 9.00. The van der Waals surface area contributed by atoms with Gasteiger partial charge in [-0.05, 0) is 44.7 Å². The van der Waals surface area contributed by atoms with Gasteiger partial charge in [0, 0.05) is 24.9 Å². The SMILES string of the molecule is CC(O)C1CCCCN1C(=O)CCCc1nnc(-c2ccccc2)o1. The van der Waals surface area contributed by atoms with Gasteiger partial charge in [-0.1, -0.05) is 18.2 Å². The van der Waals surface area contributed by atoms with Crippen LogP contribution in [0.5, 0.6) is 0 Å². The van der Waals surface area contributed by atoms with Crippen LogP contribution in [0.15, 0.2) is 34.7 Å². The number of aliphatic hydroxyl groups is 1. The number of hydrogen-bond acceptors (Lipinski definition) is 5. The van der Waals surface area contributed by atoms with Gasteiger partial charge < -0.3 is 14.4 Å². The van der Waals surface area contributed by atoms with E-state index in [2.05, 4.69) is 10.2 Å². The Morgan fingerprint density at radius 3 is 2.88 bits per heavy atom. The maximum Gasteiger partial charge on any atom is 0.247 e. The van der Waals surface area contributed by atoms with Crippen molar-refractivity contribution in [2.24, 2.45) is 0 Å². The quantitative estimate of drug-likeness (QED) is 0.872. The minimum absolute atomic E-state index is 0.0469. The van der Waals surface area contributed by atoms with Gasteiger partial charge >= 0.3 is 0 Å². The first kappa shape index (κ1) is 17.6. The highest BCUT2D eigenvalue weighted by Crippen LogP contribution is 2.22. The van der Waals surface area contributed by atoms with Crippen LogP contribution < -0.4 is 0 Å². The van der Waals surface area contributed by atoms with Crippen LogP contribution in [0.1, 0.15) is 44.9 Å². The van der Waals surface area contributed by atoms with E-state index in [1.165, 1.54) is 0 Å². The smallest absolute Gasteiger partial charge is 0.247 e. The van der Waals surface area contributed by atoms with E-state index in [4.69, 9.17) is 4.42 Å². The Hall–Kier alpha value is -2.21. The molecule has 3 rings (SSSR count). The number of aromatic nitrogens is 2. The van der Waals surface area contributed by atoms with Gasteiger partial charge in [0.15, 0.2) is 0 Å². The van der Waals surface area contributed by atoms with Crippen molar-refractivity contribution in [2.45, 2.75) is 57.6 Å². The molecule has 25 heavy (non-hydrogen) atoms. The molecule has 1 aromatic carbocycles. The topological polar surface area (TPSA) is 79.5 Å². The fraction of sp³-hybridized carbons (Fsp3) is 0.526. The maximum absolute atomic E-state index is 12.5. The number of benzene rings is 1. The number of piperidine rings is 1. The zero-order chi connectivity index (χ0) is 17.6. The normalized spacial score (nSPS) is 19.0. The molecule has 0 aliphatic carbocycles. The van der Waals surface area contributed by atoms with Gasteiger partial charge in [-0.2, -0.15) is 0 Å². The zero-order valence-electron chi connectivity index (χ0n) is 14.6. The molecule has 0 saturated carbocycles. The summed E-state index contributed by atoms with van der Waals surface area (Å²) in [5.74, 6) is 1.16. The summed E-state index contributed by atoms with van der Waals surface area (Å²) in [6.07, 6.45) is 4.17. The number of likely N-dealkylation sites (tertiary alicyclic amines) is 1. The van der Waals surface area contributed by atoms with Crippen LogP contribution in [-0.2, 0) is 11.2 Å². The number of carbonyl (C=O) groups is 1. The Kier molecular flexibility index (Phi) is 5.81. The van der Waals surface area contributed by atoms with Crippen molar-refractivity contribution in [3.8, 4) is 11.5 Å². The van der Waals surface area contributed by atoms with Gasteiger partial charge in [0.25, 0.3) is 0 Å². The highest BCUT2D eigenvalue weighted by atomic mass is 16.4. The van der Waals surface area contributed by atoms with Crippen LogP contribution in [0, 0.1) is 0 Å². The average molecular weight is 343 g/mol. The largest absolute Gasteiger partial charge is 0.421 e. The Balaban J connectivity index is 1.51.